The maximum atomic E-state index is 14.3. The molecule has 0 atom stereocenters. The van der Waals surface area contributed by atoms with E-state index in [1.165, 1.54) is 7.11 Å². The minimum absolute atomic E-state index is 0.256. The van der Waals surface area contributed by atoms with Crippen LogP contribution in [0.3, 0.4) is 0 Å². The van der Waals surface area contributed by atoms with Crippen molar-refractivity contribution in [2.75, 3.05) is 7.11 Å². The molecule has 1 fully saturated rings. The number of halogens is 1. The molecular weight excluding hydrogens is 253 g/mol. The summed E-state index contributed by atoms with van der Waals surface area (Å²) in [5.41, 5.74) is 0.460. The zero-order chi connectivity index (χ0) is 14.8. The van der Waals surface area contributed by atoms with E-state index in [2.05, 4.69) is 19.9 Å². The van der Waals surface area contributed by atoms with Gasteiger partial charge < -0.3 is 4.74 Å². The van der Waals surface area contributed by atoms with E-state index in [9.17, 15) is 9.65 Å². The molecule has 0 unspecified atom stereocenters. The van der Waals surface area contributed by atoms with Crippen LogP contribution >= 0.6 is 0 Å². The smallest absolute Gasteiger partial charge is 0.168 e. The summed E-state index contributed by atoms with van der Waals surface area (Å²) in [5, 5.41) is 9.59. The average Bonchev–Trinajstić information content (AvgIpc) is 2.44. The van der Waals surface area contributed by atoms with E-state index >= 15 is 0 Å². The van der Waals surface area contributed by atoms with Crippen molar-refractivity contribution in [1.82, 2.24) is 0 Å². The summed E-state index contributed by atoms with van der Waals surface area (Å²) in [7, 11) is 1.46. The third-order valence-electron chi connectivity index (χ3n) is 4.59. The van der Waals surface area contributed by atoms with Crippen LogP contribution in [0.25, 0.3) is 0 Å². The van der Waals surface area contributed by atoms with Crippen LogP contribution in [0.4, 0.5) is 4.39 Å². The third-order valence-corrected chi connectivity index (χ3v) is 4.59. The molecule has 0 saturated heterocycles. The van der Waals surface area contributed by atoms with Gasteiger partial charge in [0, 0.05) is 0 Å². The summed E-state index contributed by atoms with van der Waals surface area (Å²) < 4.78 is 19.3. The van der Waals surface area contributed by atoms with Crippen molar-refractivity contribution >= 4 is 0 Å². The second-order valence-electron chi connectivity index (χ2n) is 6.67. The molecule has 0 amide bonds. The van der Waals surface area contributed by atoms with E-state index in [4.69, 9.17) is 4.74 Å². The third kappa shape index (κ3) is 2.95. The number of nitrogens with zero attached hydrogens (tertiary/aromatic N) is 1. The van der Waals surface area contributed by atoms with Gasteiger partial charge in [-0.1, -0.05) is 26.0 Å². The highest BCUT2D eigenvalue weighted by atomic mass is 19.1. The van der Waals surface area contributed by atoms with E-state index in [1.54, 1.807) is 18.2 Å². The van der Waals surface area contributed by atoms with Crippen LogP contribution in [0, 0.1) is 28.0 Å². The van der Waals surface area contributed by atoms with Crippen LogP contribution in [0.2, 0.25) is 0 Å². The second-order valence-corrected chi connectivity index (χ2v) is 6.67. The lowest BCUT2D eigenvalue weighted by Crippen LogP contribution is -2.32. The second kappa shape index (κ2) is 5.44. The molecule has 2 rings (SSSR count). The molecule has 108 valence electrons. The number of hydrogen-bond acceptors (Lipinski definition) is 2. The maximum Gasteiger partial charge on any atom is 0.168 e. The molecule has 3 heteroatoms. The molecule has 2 nitrogen and oxygen atoms in total. The SMILES string of the molecule is COc1cccc(CC2(C#N)CCC(C)(C)CC2)c1F. The Kier molecular flexibility index (Phi) is 4.04. The predicted octanol–water partition coefficient (Wildman–Crippen LogP) is 4.49. The summed E-state index contributed by atoms with van der Waals surface area (Å²) in [4.78, 5) is 0. The maximum absolute atomic E-state index is 14.3. The first-order valence-electron chi connectivity index (χ1n) is 7.14. The van der Waals surface area contributed by atoms with Crippen molar-refractivity contribution in [2.45, 2.75) is 46.0 Å². The largest absolute Gasteiger partial charge is 0.494 e. The lowest BCUT2D eigenvalue weighted by atomic mass is 9.64. The van der Waals surface area contributed by atoms with Crippen molar-refractivity contribution in [3.05, 3.63) is 29.6 Å². The molecule has 0 radical (unpaired) electrons. The lowest BCUT2D eigenvalue weighted by Gasteiger charge is -2.39. The van der Waals surface area contributed by atoms with Crippen LogP contribution in [0.5, 0.6) is 5.75 Å². The minimum Gasteiger partial charge on any atom is -0.494 e. The van der Waals surface area contributed by atoms with Crippen molar-refractivity contribution in [3.63, 3.8) is 0 Å². The summed E-state index contributed by atoms with van der Waals surface area (Å²) in [6.07, 6.45) is 4.20. The van der Waals surface area contributed by atoms with E-state index in [0.717, 1.165) is 25.7 Å². The van der Waals surface area contributed by atoms with E-state index in [0.29, 0.717) is 17.4 Å². The zero-order valence-electron chi connectivity index (χ0n) is 12.5. The van der Waals surface area contributed by atoms with Crippen LogP contribution in [0.1, 0.15) is 45.1 Å². The van der Waals surface area contributed by atoms with Gasteiger partial charge in [0.05, 0.1) is 18.6 Å². The van der Waals surface area contributed by atoms with Crippen molar-refractivity contribution in [3.8, 4) is 11.8 Å². The Balaban J connectivity index is 2.22. The molecule has 0 spiro atoms. The minimum atomic E-state index is -0.428. The molecule has 0 heterocycles. The summed E-state index contributed by atoms with van der Waals surface area (Å²) in [6, 6.07) is 7.62. The fourth-order valence-corrected chi connectivity index (χ4v) is 2.95. The molecule has 0 bridgehead atoms. The number of nitriles is 1. The lowest BCUT2D eigenvalue weighted by molar-refractivity contribution is 0.145. The van der Waals surface area contributed by atoms with Crippen molar-refractivity contribution in [1.29, 1.82) is 5.26 Å². The van der Waals surface area contributed by atoms with Gasteiger partial charge in [-0.05, 0) is 49.1 Å². The van der Waals surface area contributed by atoms with Crippen LogP contribution in [-0.4, -0.2) is 7.11 Å². The molecule has 0 aliphatic heterocycles. The highest BCUT2D eigenvalue weighted by Crippen LogP contribution is 2.46. The van der Waals surface area contributed by atoms with E-state index in [1.807, 2.05) is 0 Å². The summed E-state index contributed by atoms with van der Waals surface area (Å²) in [5.74, 6) is -0.0683. The van der Waals surface area contributed by atoms with Gasteiger partial charge in [-0.2, -0.15) is 5.26 Å². The van der Waals surface area contributed by atoms with Gasteiger partial charge in [0.1, 0.15) is 0 Å². The Hall–Kier alpha value is -1.56. The van der Waals surface area contributed by atoms with Crippen molar-refractivity contribution in [2.24, 2.45) is 10.8 Å². The van der Waals surface area contributed by atoms with Gasteiger partial charge in [0.2, 0.25) is 0 Å². The molecular formula is C17H22FNO. The topological polar surface area (TPSA) is 33.0 Å². The van der Waals surface area contributed by atoms with E-state index in [-0.39, 0.29) is 11.6 Å². The molecule has 1 saturated carbocycles. The number of hydrogen-bond donors (Lipinski definition) is 0. The van der Waals surface area contributed by atoms with Gasteiger partial charge in [-0.15, -0.1) is 0 Å². The van der Waals surface area contributed by atoms with Gasteiger partial charge in [0.25, 0.3) is 0 Å². The highest BCUT2D eigenvalue weighted by molar-refractivity contribution is 5.32. The highest BCUT2D eigenvalue weighted by Gasteiger charge is 2.39. The number of ether oxygens (including phenoxy) is 1. The Bertz CT molecular complexity index is 520. The van der Waals surface area contributed by atoms with Crippen LogP contribution in [0.15, 0.2) is 18.2 Å². The standard InChI is InChI=1S/C17H22FNO/c1-16(2)7-9-17(12-19,10-8-16)11-13-5-4-6-14(20-3)15(13)18/h4-6H,7-11H2,1-3H3. The van der Waals surface area contributed by atoms with Gasteiger partial charge in [-0.25, -0.2) is 4.39 Å². The fraction of sp³-hybridized carbons (Fsp3) is 0.588. The van der Waals surface area contributed by atoms with E-state index < -0.39 is 5.41 Å². The zero-order valence-corrected chi connectivity index (χ0v) is 12.5. The predicted molar refractivity (Wildman–Crippen MR) is 77.0 cm³/mol. The van der Waals surface area contributed by atoms with Crippen LogP contribution in [-0.2, 0) is 6.42 Å². The molecule has 1 aromatic rings. The van der Waals surface area contributed by atoms with Gasteiger partial charge in [0.15, 0.2) is 11.6 Å². The molecule has 0 N–H and O–H groups in total. The average molecular weight is 275 g/mol. The van der Waals surface area contributed by atoms with Gasteiger partial charge in [-0.3, -0.25) is 0 Å². The molecule has 20 heavy (non-hydrogen) atoms. The molecule has 1 aliphatic carbocycles. The Morgan fingerprint density at radius 3 is 2.45 bits per heavy atom. The fourth-order valence-electron chi connectivity index (χ4n) is 2.95. The number of benzene rings is 1. The molecule has 1 aromatic carbocycles. The summed E-state index contributed by atoms with van der Waals surface area (Å²) in [6.45, 7) is 4.47. The quantitative estimate of drug-likeness (QED) is 0.814. The Morgan fingerprint density at radius 2 is 1.90 bits per heavy atom. The monoisotopic (exact) mass is 275 g/mol. The Morgan fingerprint density at radius 1 is 1.25 bits per heavy atom. The Labute approximate surface area is 120 Å². The first-order chi connectivity index (χ1) is 9.41. The first kappa shape index (κ1) is 14.8. The van der Waals surface area contributed by atoms with Crippen LogP contribution < -0.4 is 4.74 Å². The molecule has 1 aliphatic rings. The first-order valence-corrected chi connectivity index (χ1v) is 7.14. The van der Waals surface area contributed by atoms with Crippen molar-refractivity contribution < 1.29 is 9.13 Å². The number of methoxy groups -OCH3 is 1. The number of rotatable bonds is 3. The normalized spacial score (nSPS) is 20.1. The van der Waals surface area contributed by atoms with Gasteiger partial charge >= 0.3 is 0 Å². The summed E-state index contributed by atoms with van der Waals surface area (Å²) >= 11 is 0. The molecule has 0 aromatic heterocycles.